The van der Waals surface area contributed by atoms with E-state index in [1.54, 1.807) is 42.5 Å². The maximum absolute atomic E-state index is 15.0. The van der Waals surface area contributed by atoms with Gasteiger partial charge in [0.2, 0.25) is 5.91 Å². The van der Waals surface area contributed by atoms with Gasteiger partial charge in [0.15, 0.2) is 5.67 Å². The van der Waals surface area contributed by atoms with Crippen molar-refractivity contribution in [3.8, 4) is 11.1 Å². The molecule has 1 heterocycles. The van der Waals surface area contributed by atoms with Crippen LogP contribution in [0.5, 0.6) is 0 Å². The number of fused-ring (bicyclic) bond motifs is 3. The van der Waals surface area contributed by atoms with E-state index < -0.39 is 61.5 Å². The highest BCUT2D eigenvalue weighted by molar-refractivity contribution is 5.99. The van der Waals surface area contributed by atoms with Crippen molar-refractivity contribution in [1.82, 2.24) is 10.2 Å². The monoisotopic (exact) mass is 538 g/mol. The van der Waals surface area contributed by atoms with Crippen LogP contribution in [0.3, 0.4) is 0 Å². The van der Waals surface area contributed by atoms with E-state index in [1.165, 1.54) is 30.3 Å². The number of likely N-dealkylation sites (tertiary alicyclic amines) is 1. The fourth-order valence-corrected chi connectivity index (χ4v) is 5.03. The van der Waals surface area contributed by atoms with Crippen molar-refractivity contribution < 1.29 is 37.4 Å². The van der Waals surface area contributed by atoms with Crippen molar-refractivity contribution in [3.05, 3.63) is 95.1 Å². The van der Waals surface area contributed by atoms with Crippen LogP contribution in [0.15, 0.2) is 72.8 Å². The number of amides is 2. The van der Waals surface area contributed by atoms with Gasteiger partial charge in [0, 0.05) is 23.1 Å². The van der Waals surface area contributed by atoms with Crippen LogP contribution in [-0.2, 0) is 26.9 Å². The Morgan fingerprint density at radius 3 is 2.38 bits per heavy atom. The molecule has 1 fully saturated rings. The molecule has 0 aromatic heterocycles. The number of nitrogens with zero attached hydrogens (tertiary/aromatic N) is 1. The first kappa shape index (κ1) is 26.4. The molecule has 7 nitrogen and oxygen atoms in total. The maximum atomic E-state index is 15.0. The summed E-state index contributed by atoms with van der Waals surface area (Å²) in [5.74, 6) is -5.47. The minimum absolute atomic E-state index is 0.0597. The van der Waals surface area contributed by atoms with Crippen molar-refractivity contribution in [1.29, 1.82) is 0 Å². The number of esters is 1. The third kappa shape index (κ3) is 4.99. The molecule has 0 unspecified atom stereocenters. The molecular formula is C29H25F3N2O5. The van der Waals surface area contributed by atoms with Gasteiger partial charge in [-0.15, -0.1) is 0 Å². The van der Waals surface area contributed by atoms with Gasteiger partial charge in [-0.05, 0) is 28.8 Å². The maximum Gasteiger partial charge on any atom is 0.329 e. The summed E-state index contributed by atoms with van der Waals surface area (Å²) < 4.78 is 49.9. The summed E-state index contributed by atoms with van der Waals surface area (Å²) in [7, 11) is 0. The normalized spacial score (nSPS) is 20.7. The van der Waals surface area contributed by atoms with Crippen molar-refractivity contribution in [2.75, 3.05) is 19.7 Å². The fourth-order valence-electron chi connectivity index (χ4n) is 5.03. The molecule has 1 saturated heterocycles. The molecule has 202 valence electrons. The van der Waals surface area contributed by atoms with E-state index in [2.05, 4.69) is 5.32 Å². The van der Waals surface area contributed by atoms with E-state index in [1.807, 2.05) is 0 Å². The Morgan fingerprint density at radius 1 is 0.949 bits per heavy atom. The van der Waals surface area contributed by atoms with E-state index in [9.17, 15) is 28.3 Å². The summed E-state index contributed by atoms with van der Waals surface area (Å²) in [4.78, 5) is 39.5. The summed E-state index contributed by atoms with van der Waals surface area (Å²) in [5, 5.41) is 11.9. The lowest BCUT2D eigenvalue weighted by Crippen LogP contribution is -2.46. The lowest BCUT2D eigenvalue weighted by atomic mass is 10.0. The Bertz CT molecular complexity index is 1430. The number of benzene rings is 3. The molecule has 3 aromatic carbocycles. The van der Waals surface area contributed by atoms with Crippen molar-refractivity contribution in [3.63, 3.8) is 0 Å². The largest absolute Gasteiger partial charge is 0.459 e. The van der Waals surface area contributed by atoms with Gasteiger partial charge in [0.1, 0.15) is 12.6 Å². The van der Waals surface area contributed by atoms with Crippen molar-refractivity contribution in [2.24, 2.45) is 0 Å². The van der Waals surface area contributed by atoms with Crippen LogP contribution < -0.4 is 5.32 Å². The first-order chi connectivity index (χ1) is 18.6. The Hall–Kier alpha value is -4.18. The van der Waals surface area contributed by atoms with Gasteiger partial charge in [0.05, 0.1) is 19.7 Å². The molecular weight excluding hydrogens is 513 g/mol. The van der Waals surface area contributed by atoms with E-state index in [0.717, 1.165) is 4.90 Å². The summed E-state index contributed by atoms with van der Waals surface area (Å²) in [5.41, 5.74) is -1.25. The lowest BCUT2D eigenvalue weighted by molar-refractivity contribution is -0.154. The van der Waals surface area contributed by atoms with E-state index in [0.29, 0.717) is 11.1 Å². The average molecular weight is 539 g/mol. The zero-order chi connectivity index (χ0) is 27.8. The second kappa shape index (κ2) is 10.2. The molecule has 2 aliphatic rings. The van der Waals surface area contributed by atoms with Gasteiger partial charge in [-0.1, -0.05) is 60.7 Å². The highest BCUT2D eigenvalue weighted by Gasteiger charge is 2.50. The molecule has 2 N–H and O–H groups in total. The topological polar surface area (TPSA) is 95.9 Å². The molecule has 3 aromatic rings. The van der Waals surface area contributed by atoms with Crippen LogP contribution in [0.2, 0.25) is 0 Å². The molecule has 39 heavy (non-hydrogen) atoms. The predicted molar refractivity (Wildman–Crippen MR) is 134 cm³/mol. The van der Waals surface area contributed by atoms with Crippen molar-refractivity contribution >= 4 is 17.8 Å². The van der Waals surface area contributed by atoms with Gasteiger partial charge in [-0.2, -0.15) is 8.78 Å². The smallest absolute Gasteiger partial charge is 0.329 e. The number of hydrogen-bond acceptors (Lipinski definition) is 5. The summed E-state index contributed by atoms with van der Waals surface area (Å²) >= 11 is 0. The number of ether oxygens (including phenoxy) is 1. The molecule has 0 spiro atoms. The lowest BCUT2D eigenvalue weighted by Gasteiger charge is -2.23. The number of aliphatic hydroxyl groups excluding tert-OH is 1. The van der Waals surface area contributed by atoms with Gasteiger partial charge >= 0.3 is 5.97 Å². The van der Waals surface area contributed by atoms with Crippen LogP contribution in [-0.4, -0.2) is 59.2 Å². The van der Waals surface area contributed by atoms with Gasteiger partial charge in [0.25, 0.3) is 11.8 Å². The standard InChI is InChI=1S/C29H25F3N2O5/c30-28(17-35)13-24(27(38)39-15-18-6-2-1-3-7-18)34(16-28)25(36)14-33-26(37)19-10-11-23-21(12-19)20-8-4-5-9-22(20)29(23,31)32/h1-12,24,35H,13-17H2,(H,33,37)/t24-,28+/m0/s1. The number of alkyl halides is 3. The zero-order valence-electron chi connectivity index (χ0n) is 20.7. The molecule has 0 radical (unpaired) electrons. The predicted octanol–water partition coefficient (Wildman–Crippen LogP) is 3.58. The molecule has 2 amide bonds. The van der Waals surface area contributed by atoms with Crippen LogP contribution in [0.1, 0.15) is 33.5 Å². The number of carbonyl (C=O) groups excluding carboxylic acids is 3. The molecule has 5 rings (SSSR count). The average Bonchev–Trinajstić information content (AvgIpc) is 3.43. The second-order valence-corrected chi connectivity index (χ2v) is 9.71. The van der Waals surface area contributed by atoms with E-state index in [-0.39, 0.29) is 28.9 Å². The molecule has 10 heteroatoms. The minimum Gasteiger partial charge on any atom is -0.459 e. The highest BCUT2D eigenvalue weighted by Crippen LogP contribution is 2.50. The van der Waals surface area contributed by atoms with E-state index in [4.69, 9.17) is 4.74 Å². The van der Waals surface area contributed by atoms with Crippen LogP contribution >= 0.6 is 0 Å². The third-order valence-corrected chi connectivity index (χ3v) is 7.06. The number of carbonyl (C=O) groups is 3. The van der Waals surface area contributed by atoms with Crippen LogP contribution in [0.4, 0.5) is 13.2 Å². The summed E-state index contributed by atoms with van der Waals surface area (Å²) in [6, 6.07) is 17.3. The Morgan fingerprint density at radius 2 is 1.64 bits per heavy atom. The first-order valence-corrected chi connectivity index (χ1v) is 12.3. The molecule has 1 aliphatic heterocycles. The second-order valence-electron chi connectivity index (χ2n) is 9.71. The van der Waals surface area contributed by atoms with Crippen LogP contribution in [0.25, 0.3) is 11.1 Å². The Balaban J connectivity index is 1.26. The fraction of sp³-hybridized carbons (Fsp3) is 0.276. The summed E-state index contributed by atoms with van der Waals surface area (Å²) in [6.07, 6.45) is -0.449. The van der Waals surface area contributed by atoms with Gasteiger partial charge < -0.3 is 20.1 Å². The molecule has 0 bridgehead atoms. The quantitative estimate of drug-likeness (QED) is 0.449. The number of hydrogen-bond donors (Lipinski definition) is 2. The summed E-state index contributed by atoms with van der Waals surface area (Å²) in [6.45, 7) is -2.10. The first-order valence-electron chi connectivity index (χ1n) is 12.3. The zero-order valence-corrected chi connectivity index (χ0v) is 20.7. The number of nitrogens with one attached hydrogen (secondary N) is 1. The van der Waals surface area contributed by atoms with E-state index >= 15 is 4.39 Å². The van der Waals surface area contributed by atoms with Gasteiger partial charge in [-0.3, -0.25) is 9.59 Å². The number of halogens is 3. The highest BCUT2D eigenvalue weighted by atomic mass is 19.3. The van der Waals surface area contributed by atoms with Crippen molar-refractivity contribution in [2.45, 2.75) is 30.7 Å². The third-order valence-electron chi connectivity index (χ3n) is 7.06. The minimum atomic E-state index is -3.19. The number of rotatable bonds is 7. The SMILES string of the molecule is O=C(NCC(=O)N1C[C@@](F)(CO)C[C@H]1C(=O)OCc1ccccc1)c1ccc2c(c1)-c1ccccc1C2(F)F. The molecule has 0 saturated carbocycles. The Labute approximate surface area is 222 Å². The Kier molecular flexibility index (Phi) is 6.90. The van der Waals surface area contributed by atoms with Crippen LogP contribution in [0, 0.1) is 0 Å². The van der Waals surface area contributed by atoms with Gasteiger partial charge in [-0.25, -0.2) is 9.18 Å². The molecule has 1 aliphatic carbocycles. The molecule has 2 atom stereocenters. The number of aliphatic hydroxyl groups is 1.